The molecule has 0 aliphatic rings. The number of anilines is 2. The highest BCUT2D eigenvalue weighted by atomic mass is 32.1. The van der Waals surface area contributed by atoms with Crippen molar-refractivity contribution in [1.82, 2.24) is 4.98 Å². The number of nitrogens with one attached hydrogen (secondary N) is 1. The van der Waals surface area contributed by atoms with Crippen LogP contribution >= 0.6 is 11.3 Å². The number of hydrogen-bond donors (Lipinski definition) is 2. The minimum atomic E-state index is -0.973. The smallest absolute Gasteiger partial charge is 0.309 e. The molecule has 2 rings (SSSR count). The summed E-state index contributed by atoms with van der Waals surface area (Å²) >= 11 is 1.19. The van der Waals surface area contributed by atoms with Crippen LogP contribution in [-0.2, 0) is 11.2 Å². The van der Waals surface area contributed by atoms with Gasteiger partial charge in [-0.1, -0.05) is 0 Å². The highest BCUT2D eigenvalue weighted by Gasteiger charge is 2.07. The number of aromatic nitrogens is 1. The second-order valence-electron chi connectivity index (χ2n) is 3.47. The van der Waals surface area contributed by atoms with E-state index in [1.165, 1.54) is 17.4 Å². The maximum absolute atomic E-state index is 12.9. The number of hydrogen-bond acceptors (Lipinski definition) is 4. The number of carbonyl (C=O) groups is 1. The van der Waals surface area contributed by atoms with Crippen molar-refractivity contribution in [3.63, 3.8) is 0 Å². The second-order valence-corrected chi connectivity index (χ2v) is 4.33. The maximum Gasteiger partial charge on any atom is 0.309 e. The van der Waals surface area contributed by atoms with Crippen molar-refractivity contribution in [2.24, 2.45) is 0 Å². The first-order chi connectivity index (χ1) is 8.54. The Morgan fingerprint density at radius 1 is 1.39 bits per heavy atom. The van der Waals surface area contributed by atoms with Crippen molar-refractivity contribution < 1.29 is 18.7 Å². The predicted octanol–water partition coefficient (Wildman–Crippen LogP) is 2.79. The van der Waals surface area contributed by atoms with Crippen LogP contribution in [0.15, 0.2) is 23.6 Å². The van der Waals surface area contributed by atoms with Crippen LogP contribution < -0.4 is 5.32 Å². The molecule has 1 aromatic carbocycles. The standard InChI is InChI=1S/C11H8F2N2O2S/c12-8-2-1-6(3-9(8)13)14-11-15-7(5-18-11)4-10(16)17/h1-3,5H,4H2,(H,14,15)(H,16,17). The Kier molecular flexibility index (Phi) is 3.52. The second kappa shape index (κ2) is 5.09. The number of thiazole rings is 1. The highest BCUT2D eigenvalue weighted by molar-refractivity contribution is 7.13. The molecule has 4 nitrogen and oxygen atoms in total. The quantitative estimate of drug-likeness (QED) is 0.896. The molecule has 0 saturated carbocycles. The molecule has 0 saturated heterocycles. The van der Waals surface area contributed by atoms with Crippen LogP contribution in [0.2, 0.25) is 0 Å². The van der Waals surface area contributed by atoms with Crippen LogP contribution in [0.25, 0.3) is 0 Å². The van der Waals surface area contributed by atoms with Gasteiger partial charge < -0.3 is 10.4 Å². The zero-order valence-corrected chi connectivity index (χ0v) is 9.80. The molecule has 0 aliphatic heterocycles. The van der Waals surface area contributed by atoms with E-state index in [1.54, 1.807) is 5.38 Å². The van der Waals surface area contributed by atoms with Gasteiger partial charge in [0.2, 0.25) is 0 Å². The van der Waals surface area contributed by atoms with E-state index < -0.39 is 17.6 Å². The molecule has 0 unspecified atom stereocenters. The van der Waals surface area contributed by atoms with Gasteiger partial charge in [-0.3, -0.25) is 4.79 Å². The van der Waals surface area contributed by atoms with E-state index in [-0.39, 0.29) is 6.42 Å². The Bertz CT molecular complexity index is 586. The van der Waals surface area contributed by atoms with E-state index >= 15 is 0 Å². The van der Waals surface area contributed by atoms with Crippen LogP contribution in [0.3, 0.4) is 0 Å². The van der Waals surface area contributed by atoms with Gasteiger partial charge in [0.1, 0.15) is 0 Å². The summed E-state index contributed by atoms with van der Waals surface area (Å²) in [6, 6.07) is 3.38. The first-order valence-corrected chi connectivity index (χ1v) is 5.81. The Morgan fingerprint density at radius 2 is 2.17 bits per heavy atom. The number of aliphatic carboxylic acids is 1. The zero-order valence-electron chi connectivity index (χ0n) is 8.98. The lowest BCUT2D eigenvalue weighted by Crippen LogP contribution is -2.00. The summed E-state index contributed by atoms with van der Waals surface area (Å²) in [7, 11) is 0. The third-order valence-corrected chi connectivity index (χ3v) is 2.86. The lowest BCUT2D eigenvalue weighted by molar-refractivity contribution is -0.136. The third kappa shape index (κ3) is 3.01. The Balaban J connectivity index is 2.11. The number of carboxylic acid groups (broad SMARTS) is 1. The number of benzene rings is 1. The minimum absolute atomic E-state index is 0.171. The topological polar surface area (TPSA) is 62.2 Å². The molecule has 0 fully saturated rings. The molecule has 0 bridgehead atoms. The average Bonchev–Trinajstić information content (AvgIpc) is 2.70. The van der Waals surface area contributed by atoms with E-state index in [4.69, 9.17) is 5.11 Å². The van der Waals surface area contributed by atoms with Crippen molar-refractivity contribution in [1.29, 1.82) is 0 Å². The molecular weight excluding hydrogens is 262 g/mol. The van der Waals surface area contributed by atoms with Gasteiger partial charge in [0.15, 0.2) is 16.8 Å². The monoisotopic (exact) mass is 270 g/mol. The van der Waals surface area contributed by atoms with E-state index in [0.717, 1.165) is 12.1 Å². The first kappa shape index (κ1) is 12.4. The molecule has 2 N–H and O–H groups in total. The SMILES string of the molecule is O=C(O)Cc1csc(Nc2ccc(F)c(F)c2)n1. The molecule has 2 aromatic rings. The molecule has 0 aliphatic carbocycles. The van der Waals surface area contributed by atoms with Crippen LogP contribution in [-0.4, -0.2) is 16.1 Å². The summed E-state index contributed by atoms with van der Waals surface area (Å²) in [5.41, 5.74) is 0.766. The Hall–Kier alpha value is -2.02. The first-order valence-electron chi connectivity index (χ1n) is 4.93. The van der Waals surface area contributed by atoms with E-state index in [1.807, 2.05) is 0 Å². The maximum atomic E-state index is 12.9. The fourth-order valence-electron chi connectivity index (χ4n) is 1.30. The number of nitrogens with zero attached hydrogens (tertiary/aromatic N) is 1. The van der Waals surface area contributed by atoms with E-state index in [9.17, 15) is 13.6 Å². The highest BCUT2D eigenvalue weighted by Crippen LogP contribution is 2.22. The Labute approximate surface area is 105 Å². The number of rotatable bonds is 4. The predicted molar refractivity (Wildman–Crippen MR) is 63.1 cm³/mol. The molecule has 18 heavy (non-hydrogen) atoms. The van der Waals surface area contributed by atoms with Gasteiger partial charge in [-0.25, -0.2) is 13.8 Å². The molecule has 94 valence electrons. The Morgan fingerprint density at radius 3 is 2.83 bits per heavy atom. The van der Waals surface area contributed by atoms with Gasteiger partial charge in [-0.05, 0) is 12.1 Å². The van der Waals surface area contributed by atoms with Crippen molar-refractivity contribution >= 4 is 28.1 Å². The summed E-state index contributed by atoms with van der Waals surface area (Å²) in [6.45, 7) is 0. The summed E-state index contributed by atoms with van der Waals surface area (Å²) in [5, 5.41) is 13.4. The van der Waals surface area contributed by atoms with Gasteiger partial charge in [0.25, 0.3) is 0 Å². The fraction of sp³-hybridized carbons (Fsp3) is 0.0909. The molecule has 0 atom stereocenters. The minimum Gasteiger partial charge on any atom is -0.481 e. The lowest BCUT2D eigenvalue weighted by Gasteiger charge is -2.02. The molecule has 7 heteroatoms. The molecule has 0 radical (unpaired) electrons. The van der Waals surface area contributed by atoms with Gasteiger partial charge in [-0.15, -0.1) is 11.3 Å². The number of halogens is 2. The summed E-state index contributed by atoms with van der Waals surface area (Å²) in [5.74, 6) is -2.85. The summed E-state index contributed by atoms with van der Waals surface area (Å²) < 4.78 is 25.7. The molecule has 1 heterocycles. The largest absolute Gasteiger partial charge is 0.481 e. The van der Waals surface area contributed by atoms with E-state index in [2.05, 4.69) is 10.3 Å². The van der Waals surface area contributed by atoms with Crippen molar-refractivity contribution in [2.45, 2.75) is 6.42 Å². The van der Waals surface area contributed by atoms with Crippen LogP contribution in [0.5, 0.6) is 0 Å². The van der Waals surface area contributed by atoms with Gasteiger partial charge in [0.05, 0.1) is 12.1 Å². The molecular formula is C11H8F2N2O2S. The third-order valence-electron chi connectivity index (χ3n) is 2.05. The van der Waals surface area contributed by atoms with Crippen LogP contribution in [0.1, 0.15) is 5.69 Å². The van der Waals surface area contributed by atoms with Gasteiger partial charge >= 0.3 is 5.97 Å². The van der Waals surface area contributed by atoms with Crippen LogP contribution in [0, 0.1) is 11.6 Å². The van der Waals surface area contributed by atoms with Crippen molar-refractivity contribution in [3.05, 3.63) is 40.9 Å². The fourth-order valence-corrected chi connectivity index (χ4v) is 2.03. The van der Waals surface area contributed by atoms with E-state index in [0.29, 0.717) is 16.5 Å². The van der Waals surface area contributed by atoms with Gasteiger partial charge in [0, 0.05) is 17.1 Å². The van der Waals surface area contributed by atoms with Crippen LogP contribution in [0.4, 0.5) is 19.6 Å². The molecule has 1 aromatic heterocycles. The normalized spacial score (nSPS) is 10.3. The van der Waals surface area contributed by atoms with Crippen molar-refractivity contribution in [3.8, 4) is 0 Å². The summed E-state index contributed by atoms with van der Waals surface area (Å²) in [4.78, 5) is 14.5. The number of carboxylic acids is 1. The van der Waals surface area contributed by atoms with Crippen molar-refractivity contribution in [2.75, 3.05) is 5.32 Å². The van der Waals surface area contributed by atoms with Gasteiger partial charge in [-0.2, -0.15) is 0 Å². The molecule has 0 spiro atoms. The lowest BCUT2D eigenvalue weighted by atomic mass is 10.3. The average molecular weight is 270 g/mol. The zero-order chi connectivity index (χ0) is 13.1. The summed E-state index contributed by atoms with van der Waals surface area (Å²) in [6.07, 6.45) is -0.171. The molecule has 0 amide bonds.